The summed E-state index contributed by atoms with van der Waals surface area (Å²) >= 11 is 0. The number of carbonyl (C=O) groups is 1. The number of rotatable bonds is 7. The van der Waals surface area contributed by atoms with Crippen LogP contribution in [0.1, 0.15) is 32.8 Å². The summed E-state index contributed by atoms with van der Waals surface area (Å²) in [6.07, 6.45) is 2.83. The first-order valence-electron chi connectivity index (χ1n) is 9.82. The lowest BCUT2D eigenvalue weighted by molar-refractivity contribution is 0.142. The van der Waals surface area contributed by atoms with Crippen molar-refractivity contribution in [2.45, 2.75) is 39.7 Å². The van der Waals surface area contributed by atoms with Gasteiger partial charge in [-0.05, 0) is 56.0 Å². The summed E-state index contributed by atoms with van der Waals surface area (Å²) in [4.78, 5) is 19.9. The van der Waals surface area contributed by atoms with Crippen molar-refractivity contribution in [2.75, 3.05) is 6.61 Å². The summed E-state index contributed by atoms with van der Waals surface area (Å²) < 4.78 is 19.5. The van der Waals surface area contributed by atoms with Crippen molar-refractivity contribution >= 4 is 17.0 Å². The van der Waals surface area contributed by atoms with Crippen molar-refractivity contribution in [1.29, 1.82) is 0 Å². The molecule has 30 heavy (non-hydrogen) atoms. The molecule has 158 valence electrons. The van der Waals surface area contributed by atoms with E-state index in [9.17, 15) is 14.3 Å². The van der Waals surface area contributed by atoms with Crippen molar-refractivity contribution in [3.05, 3.63) is 54.1 Å². The molecule has 1 aromatic carbocycles. The first-order chi connectivity index (χ1) is 14.2. The largest absolute Gasteiger partial charge is 0.489 e. The van der Waals surface area contributed by atoms with Gasteiger partial charge in [-0.2, -0.15) is 0 Å². The lowest BCUT2D eigenvalue weighted by atomic mass is 9.91. The molecule has 0 aliphatic heterocycles. The number of carboxylic acid groups (broad SMARTS) is 1. The Bertz CT molecular complexity index is 1070. The highest BCUT2D eigenvalue weighted by atomic mass is 19.1. The van der Waals surface area contributed by atoms with Gasteiger partial charge in [0.1, 0.15) is 18.2 Å². The maximum Gasteiger partial charge on any atom is 0.405 e. The number of aromatic nitrogens is 2. The van der Waals surface area contributed by atoms with Gasteiger partial charge in [-0.25, -0.2) is 9.18 Å². The maximum absolute atomic E-state index is 13.5. The molecule has 1 atom stereocenters. The van der Waals surface area contributed by atoms with Crippen LogP contribution in [0.3, 0.4) is 0 Å². The smallest absolute Gasteiger partial charge is 0.405 e. The third kappa shape index (κ3) is 5.03. The molecule has 0 fully saturated rings. The Morgan fingerprint density at radius 1 is 1.27 bits per heavy atom. The molecule has 0 spiro atoms. The van der Waals surface area contributed by atoms with Gasteiger partial charge in [0.05, 0.1) is 22.9 Å². The van der Waals surface area contributed by atoms with E-state index in [0.717, 1.165) is 22.2 Å². The van der Waals surface area contributed by atoms with Gasteiger partial charge in [-0.1, -0.05) is 13.8 Å². The number of fused-ring (bicyclic) bond motifs is 1. The highest BCUT2D eigenvalue weighted by Crippen LogP contribution is 2.30. The molecule has 7 heteroatoms. The quantitative estimate of drug-likeness (QED) is 0.558. The molecule has 0 saturated carbocycles. The van der Waals surface area contributed by atoms with E-state index >= 15 is 0 Å². The van der Waals surface area contributed by atoms with Crippen LogP contribution in [0.25, 0.3) is 22.2 Å². The summed E-state index contributed by atoms with van der Waals surface area (Å²) in [5.74, 6) is 0.557. The van der Waals surface area contributed by atoms with E-state index in [4.69, 9.17) is 4.74 Å². The number of amides is 1. The van der Waals surface area contributed by atoms with Crippen LogP contribution in [-0.2, 0) is 0 Å². The van der Waals surface area contributed by atoms with Crippen molar-refractivity contribution < 1.29 is 19.0 Å². The van der Waals surface area contributed by atoms with Crippen LogP contribution in [0, 0.1) is 18.7 Å². The van der Waals surface area contributed by atoms with Crippen LogP contribution in [0.2, 0.25) is 0 Å². The molecule has 2 aromatic heterocycles. The Balaban J connectivity index is 1.85. The number of ether oxygens (including phenoxy) is 1. The number of hydrogen-bond donors (Lipinski definition) is 2. The second-order valence-corrected chi connectivity index (χ2v) is 8.23. The van der Waals surface area contributed by atoms with Crippen LogP contribution in [0.15, 0.2) is 42.7 Å². The van der Waals surface area contributed by atoms with Crippen LogP contribution in [0.5, 0.6) is 5.75 Å². The number of halogens is 1. The van der Waals surface area contributed by atoms with Crippen molar-refractivity contribution in [1.82, 2.24) is 15.3 Å². The maximum atomic E-state index is 13.5. The van der Waals surface area contributed by atoms with E-state index < -0.39 is 11.6 Å². The lowest BCUT2D eigenvalue weighted by Gasteiger charge is -2.31. The van der Waals surface area contributed by atoms with Gasteiger partial charge in [-0.3, -0.25) is 9.97 Å². The molecule has 1 amide bonds. The Kier molecular flexibility index (Phi) is 6.20. The predicted octanol–water partition coefficient (Wildman–Crippen LogP) is 5.20. The van der Waals surface area contributed by atoms with Crippen LogP contribution in [-0.4, -0.2) is 33.3 Å². The SMILES string of the molecule is Cc1cc(-c2ccnc3cc(F)ccc23)ncc1OCC(C)(CC(C)C)NC(=O)O. The fourth-order valence-electron chi connectivity index (χ4n) is 3.73. The van der Waals surface area contributed by atoms with Gasteiger partial charge < -0.3 is 15.2 Å². The third-order valence-corrected chi connectivity index (χ3v) is 4.86. The molecule has 0 saturated heterocycles. The molecule has 3 aromatic rings. The van der Waals surface area contributed by atoms with Gasteiger partial charge in [0.2, 0.25) is 0 Å². The van der Waals surface area contributed by atoms with E-state index in [1.54, 1.807) is 18.5 Å². The van der Waals surface area contributed by atoms with Crippen molar-refractivity contribution in [3.63, 3.8) is 0 Å². The zero-order valence-corrected chi connectivity index (χ0v) is 17.6. The number of nitrogens with zero attached hydrogens (tertiary/aromatic N) is 2. The van der Waals surface area contributed by atoms with Gasteiger partial charge in [0.25, 0.3) is 0 Å². The van der Waals surface area contributed by atoms with E-state index in [2.05, 4.69) is 15.3 Å². The molecule has 3 rings (SSSR count). The van der Waals surface area contributed by atoms with Gasteiger partial charge >= 0.3 is 6.09 Å². The summed E-state index contributed by atoms with van der Waals surface area (Å²) in [5, 5.41) is 12.6. The molecular weight excluding hydrogens is 385 g/mol. The molecule has 0 aliphatic carbocycles. The van der Waals surface area contributed by atoms with Crippen LogP contribution >= 0.6 is 0 Å². The second-order valence-electron chi connectivity index (χ2n) is 8.23. The molecule has 6 nitrogen and oxygen atoms in total. The number of benzene rings is 1. The Morgan fingerprint density at radius 3 is 2.70 bits per heavy atom. The Morgan fingerprint density at radius 2 is 2.03 bits per heavy atom. The Hall–Kier alpha value is -3.22. The zero-order chi connectivity index (χ0) is 21.9. The lowest BCUT2D eigenvalue weighted by Crippen LogP contribution is -2.50. The monoisotopic (exact) mass is 411 g/mol. The highest BCUT2D eigenvalue weighted by Gasteiger charge is 2.29. The minimum Gasteiger partial charge on any atom is -0.489 e. The molecular formula is C23H26FN3O3. The standard InChI is InChI=1S/C23H26FN3O3/c1-14(2)11-23(4,27-22(28)29)13-30-21-12-26-19(9-15(21)3)18-7-8-25-20-10-16(24)5-6-17(18)20/h5-10,12,14,27H,11,13H2,1-4H3,(H,28,29). The minimum atomic E-state index is -1.08. The van der Waals surface area contributed by atoms with E-state index in [1.165, 1.54) is 12.1 Å². The summed E-state index contributed by atoms with van der Waals surface area (Å²) in [7, 11) is 0. The van der Waals surface area contributed by atoms with Crippen molar-refractivity contribution in [2.24, 2.45) is 5.92 Å². The predicted molar refractivity (Wildman–Crippen MR) is 114 cm³/mol. The number of pyridine rings is 2. The fraction of sp³-hybridized carbons (Fsp3) is 0.348. The third-order valence-electron chi connectivity index (χ3n) is 4.86. The first kappa shape index (κ1) is 21.5. The zero-order valence-electron chi connectivity index (χ0n) is 17.6. The highest BCUT2D eigenvalue weighted by molar-refractivity contribution is 5.93. The minimum absolute atomic E-state index is 0.191. The summed E-state index contributed by atoms with van der Waals surface area (Å²) in [6.45, 7) is 8.01. The second kappa shape index (κ2) is 8.65. The van der Waals surface area contributed by atoms with E-state index in [1.807, 2.05) is 39.8 Å². The molecule has 0 bridgehead atoms. The van der Waals surface area contributed by atoms with Gasteiger partial charge in [0.15, 0.2) is 0 Å². The number of hydrogen-bond acceptors (Lipinski definition) is 4. The van der Waals surface area contributed by atoms with Gasteiger partial charge in [-0.15, -0.1) is 0 Å². The normalized spacial score (nSPS) is 13.3. The van der Waals surface area contributed by atoms with Crippen LogP contribution in [0.4, 0.5) is 9.18 Å². The first-order valence-corrected chi connectivity index (χ1v) is 9.82. The van der Waals surface area contributed by atoms with Gasteiger partial charge in [0, 0.05) is 23.2 Å². The topological polar surface area (TPSA) is 84.3 Å². The number of aryl methyl sites for hydroxylation is 1. The summed E-state index contributed by atoms with van der Waals surface area (Å²) in [5.41, 5.74) is 2.31. The van der Waals surface area contributed by atoms with Crippen molar-refractivity contribution in [3.8, 4) is 17.0 Å². The summed E-state index contributed by atoms with van der Waals surface area (Å²) in [6, 6.07) is 8.25. The molecule has 0 aliphatic rings. The van der Waals surface area contributed by atoms with Crippen LogP contribution < -0.4 is 10.1 Å². The van der Waals surface area contributed by atoms with E-state index in [0.29, 0.717) is 23.6 Å². The molecule has 2 heterocycles. The fourth-order valence-corrected chi connectivity index (χ4v) is 3.73. The Labute approximate surface area is 175 Å². The molecule has 2 N–H and O–H groups in total. The molecule has 1 unspecified atom stereocenters. The average Bonchev–Trinajstić information content (AvgIpc) is 2.65. The average molecular weight is 411 g/mol. The number of nitrogens with one attached hydrogen (secondary N) is 1. The molecule has 0 radical (unpaired) electrons. The van der Waals surface area contributed by atoms with E-state index in [-0.39, 0.29) is 12.4 Å².